The summed E-state index contributed by atoms with van der Waals surface area (Å²) in [7, 11) is 0. The molecule has 7 nitrogen and oxygen atoms in total. The summed E-state index contributed by atoms with van der Waals surface area (Å²) in [5.41, 5.74) is 4.73. The fourth-order valence-electron chi connectivity index (χ4n) is 4.22. The van der Waals surface area contributed by atoms with Crippen LogP contribution < -0.4 is 10.3 Å². The number of imidazole rings is 1. The standard InChI is InChI=1S/C29H26N4O3/c1-3-26-20(2)31-29-32(16-17-33(29)28(26)35)18-21-4-6-23(7-5-21)27(34)24-8-10-25(11-9-24)36-19-22-12-14-30-15-13-22/h4-17H,3,18-19H2,1-2H3. The number of nitrogens with zero attached hydrogens (tertiary/aromatic N) is 4. The van der Waals surface area contributed by atoms with E-state index in [1.165, 1.54) is 0 Å². The molecule has 0 N–H and O–H groups in total. The van der Waals surface area contributed by atoms with Gasteiger partial charge in [-0.3, -0.25) is 19.0 Å². The molecule has 0 bridgehead atoms. The summed E-state index contributed by atoms with van der Waals surface area (Å²) in [5, 5.41) is 0. The predicted molar refractivity (Wildman–Crippen MR) is 138 cm³/mol. The number of rotatable bonds is 8. The SMILES string of the molecule is CCc1c(C)nc2n(Cc3ccc(C(=O)c4ccc(OCc5ccncc5)cc4)cc3)ccn2c1=O. The van der Waals surface area contributed by atoms with Crippen LogP contribution >= 0.6 is 0 Å². The van der Waals surface area contributed by atoms with Gasteiger partial charge in [0.15, 0.2) is 5.78 Å². The molecule has 0 saturated heterocycles. The van der Waals surface area contributed by atoms with Crippen molar-refractivity contribution in [1.29, 1.82) is 0 Å². The Balaban J connectivity index is 1.27. The summed E-state index contributed by atoms with van der Waals surface area (Å²) in [6.07, 6.45) is 7.73. The van der Waals surface area contributed by atoms with Gasteiger partial charge in [-0.05, 0) is 60.9 Å². The zero-order chi connectivity index (χ0) is 25.1. The van der Waals surface area contributed by atoms with E-state index in [4.69, 9.17) is 4.74 Å². The minimum absolute atomic E-state index is 0.0199. The van der Waals surface area contributed by atoms with E-state index in [1.54, 1.807) is 47.3 Å². The predicted octanol–water partition coefficient (Wildman–Crippen LogP) is 4.62. The molecule has 2 aromatic carbocycles. The molecular formula is C29H26N4O3. The van der Waals surface area contributed by atoms with Crippen LogP contribution in [0.25, 0.3) is 5.78 Å². The van der Waals surface area contributed by atoms with Crippen molar-refractivity contribution in [2.24, 2.45) is 0 Å². The Morgan fingerprint density at radius 2 is 1.56 bits per heavy atom. The molecule has 3 heterocycles. The van der Waals surface area contributed by atoms with E-state index in [9.17, 15) is 9.59 Å². The molecule has 0 unspecified atom stereocenters. The molecule has 0 radical (unpaired) electrons. The van der Waals surface area contributed by atoms with E-state index in [0.717, 1.165) is 22.4 Å². The van der Waals surface area contributed by atoms with Gasteiger partial charge in [-0.15, -0.1) is 0 Å². The van der Waals surface area contributed by atoms with Crippen LogP contribution in [0.2, 0.25) is 0 Å². The smallest absolute Gasteiger partial charge is 0.262 e. The van der Waals surface area contributed by atoms with Gasteiger partial charge >= 0.3 is 0 Å². The second-order valence-corrected chi connectivity index (χ2v) is 8.63. The molecule has 0 aliphatic carbocycles. The Kier molecular flexibility index (Phi) is 6.45. The Hall–Kier alpha value is -4.52. The number of ketones is 1. The average Bonchev–Trinajstić information content (AvgIpc) is 3.31. The molecular weight excluding hydrogens is 452 g/mol. The number of carbonyl (C=O) groups is 1. The third-order valence-corrected chi connectivity index (χ3v) is 6.24. The monoisotopic (exact) mass is 478 g/mol. The van der Waals surface area contributed by atoms with Crippen molar-refractivity contribution in [3.8, 4) is 5.75 Å². The lowest BCUT2D eigenvalue weighted by Gasteiger charge is -2.09. The largest absolute Gasteiger partial charge is 0.489 e. The molecule has 180 valence electrons. The highest BCUT2D eigenvalue weighted by molar-refractivity contribution is 6.09. The van der Waals surface area contributed by atoms with Crippen molar-refractivity contribution in [3.63, 3.8) is 0 Å². The first-order valence-electron chi connectivity index (χ1n) is 11.9. The van der Waals surface area contributed by atoms with Gasteiger partial charge in [0.1, 0.15) is 12.4 Å². The number of hydrogen-bond donors (Lipinski definition) is 0. The van der Waals surface area contributed by atoms with Gasteiger partial charge in [0, 0.05) is 47.2 Å². The maximum atomic E-state index is 13.0. The summed E-state index contributed by atoms with van der Waals surface area (Å²) in [5.74, 6) is 1.26. The Morgan fingerprint density at radius 3 is 2.22 bits per heavy atom. The fraction of sp³-hybridized carbons (Fsp3) is 0.172. The van der Waals surface area contributed by atoms with E-state index in [2.05, 4.69) is 9.97 Å². The van der Waals surface area contributed by atoms with Crippen molar-refractivity contribution in [1.82, 2.24) is 18.9 Å². The van der Waals surface area contributed by atoms with Crippen molar-refractivity contribution in [2.45, 2.75) is 33.4 Å². The number of benzene rings is 2. The molecule has 7 heteroatoms. The van der Waals surface area contributed by atoms with Crippen molar-refractivity contribution >= 4 is 11.6 Å². The minimum Gasteiger partial charge on any atom is -0.489 e. The van der Waals surface area contributed by atoms with E-state index in [0.29, 0.717) is 42.2 Å². The van der Waals surface area contributed by atoms with Crippen molar-refractivity contribution in [2.75, 3.05) is 0 Å². The van der Waals surface area contributed by atoms with E-state index < -0.39 is 0 Å². The molecule has 0 saturated carbocycles. The average molecular weight is 479 g/mol. The van der Waals surface area contributed by atoms with Crippen LogP contribution in [0.3, 0.4) is 0 Å². The number of carbonyl (C=O) groups excluding carboxylic acids is 1. The number of ether oxygens (including phenoxy) is 1. The molecule has 0 aliphatic rings. The van der Waals surface area contributed by atoms with Crippen molar-refractivity contribution < 1.29 is 9.53 Å². The van der Waals surface area contributed by atoms with Gasteiger partial charge in [0.2, 0.25) is 5.78 Å². The molecule has 0 fully saturated rings. The third-order valence-electron chi connectivity index (χ3n) is 6.24. The van der Waals surface area contributed by atoms with E-state index in [1.807, 2.05) is 61.0 Å². The highest BCUT2D eigenvalue weighted by Crippen LogP contribution is 2.18. The molecule has 36 heavy (non-hydrogen) atoms. The van der Waals surface area contributed by atoms with Crippen LogP contribution in [-0.2, 0) is 19.6 Å². The number of aromatic nitrogens is 4. The highest BCUT2D eigenvalue weighted by Gasteiger charge is 2.13. The Morgan fingerprint density at radius 1 is 0.889 bits per heavy atom. The number of hydrogen-bond acceptors (Lipinski definition) is 5. The fourth-order valence-corrected chi connectivity index (χ4v) is 4.22. The van der Waals surface area contributed by atoms with Gasteiger partial charge in [-0.1, -0.05) is 31.2 Å². The third kappa shape index (κ3) is 4.68. The topological polar surface area (TPSA) is 78.5 Å². The van der Waals surface area contributed by atoms with Gasteiger partial charge in [0.05, 0.1) is 6.54 Å². The van der Waals surface area contributed by atoms with Crippen LogP contribution in [0.5, 0.6) is 5.75 Å². The normalized spacial score (nSPS) is 11.1. The van der Waals surface area contributed by atoms with Crippen LogP contribution in [0.1, 0.15) is 45.2 Å². The summed E-state index contributed by atoms with van der Waals surface area (Å²) in [6.45, 7) is 4.82. The van der Waals surface area contributed by atoms with Gasteiger partial charge in [-0.2, -0.15) is 0 Å². The molecule has 0 atom stereocenters. The second-order valence-electron chi connectivity index (χ2n) is 8.63. The molecule has 5 rings (SSSR count). The lowest BCUT2D eigenvalue weighted by atomic mass is 10.0. The maximum Gasteiger partial charge on any atom is 0.262 e. The maximum absolute atomic E-state index is 13.0. The van der Waals surface area contributed by atoms with Gasteiger partial charge < -0.3 is 9.30 Å². The van der Waals surface area contributed by atoms with E-state index in [-0.39, 0.29) is 11.3 Å². The van der Waals surface area contributed by atoms with Crippen LogP contribution in [-0.4, -0.2) is 24.7 Å². The first kappa shape index (κ1) is 23.2. The van der Waals surface area contributed by atoms with Crippen molar-refractivity contribution in [3.05, 3.63) is 129 Å². The second kappa shape index (κ2) is 10.00. The lowest BCUT2D eigenvalue weighted by Crippen LogP contribution is -2.20. The van der Waals surface area contributed by atoms with Crippen LogP contribution in [0, 0.1) is 6.92 Å². The lowest BCUT2D eigenvalue weighted by molar-refractivity contribution is 0.103. The molecule has 0 spiro atoms. The first-order chi connectivity index (χ1) is 17.5. The zero-order valence-electron chi connectivity index (χ0n) is 20.2. The molecule has 0 amide bonds. The summed E-state index contributed by atoms with van der Waals surface area (Å²) < 4.78 is 9.32. The molecule has 5 aromatic rings. The molecule has 3 aromatic heterocycles. The van der Waals surface area contributed by atoms with Crippen LogP contribution in [0.15, 0.2) is 90.2 Å². The van der Waals surface area contributed by atoms with Gasteiger partial charge in [0.25, 0.3) is 5.56 Å². The van der Waals surface area contributed by atoms with Crippen LogP contribution in [0.4, 0.5) is 0 Å². The molecule has 0 aliphatic heterocycles. The van der Waals surface area contributed by atoms with Gasteiger partial charge in [-0.25, -0.2) is 4.98 Å². The van der Waals surface area contributed by atoms with E-state index >= 15 is 0 Å². The highest BCUT2D eigenvalue weighted by atomic mass is 16.5. The Labute approximate surface area is 208 Å². The number of fused-ring (bicyclic) bond motifs is 1. The summed E-state index contributed by atoms with van der Waals surface area (Å²) in [6, 6.07) is 18.5. The number of pyridine rings is 1. The Bertz CT molecular complexity index is 1570. The quantitative estimate of drug-likeness (QED) is 0.304. The zero-order valence-corrected chi connectivity index (χ0v) is 20.2. The minimum atomic E-state index is -0.0513. The number of aryl methyl sites for hydroxylation is 1. The summed E-state index contributed by atoms with van der Waals surface area (Å²) in [4.78, 5) is 34.3. The first-order valence-corrected chi connectivity index (χ1v) is 11.9. The summed E-state index contributed by atoms with van der Waals surface area (Å²) >= 11 is 0.